The predicted octanol–water partition coefficient (Wildman–Crippen LogP) is 4.05. The molecule has 0 aliphatic carbocycles. The van der Waals surface area contributed by atoms with Crippen LogP contribution >= 0.6 is 0 Å². The Labute approximate surface area is 188 Å². The number of carbonyl (C=O) groups excluding carboxylic acids is 2. The Morgan fingerprint density at radius 3 is 2.75 bits per heavy atom. The molecule has 3 aromatic rings. The molecule has 0 spiro atoms. The number of aromatic amines is 1. The van der Waals surface area contributed by atoms with E-state index >= 15 is 0 Å². The summed E-state index contributed by atoms with van der Waals surface area (Å²) >= 11 is 0. The number of aromatic nitrogens is 1. The van der Waals surface area contributed by atoms with Crippen molar-refractivity contribution >= 4 is 22.7 Å². The lowest BCUT2D eigenvalue weighted by atomic mass is 9.86. The summed E-state index contributed by atoms with van der Waals surface area (Å²) in [6, 6.07) is 15.2. The van der Waals surface area contributed by atoms with Crippen LogP contribution in [0.2, 0.25) is 0 Å². The third-order valence-electron chi connectivity index (χ3n) is 6.78. The lowest BCUT2D eigenvalue weighted by Gasteiger charge is -2.47. The van der Waals surface area contributed by atoms with Gasteiger partial charge in [0.25, 0.3) is 0 Å². The van der Waals surface area contributed by atoms with E-state index in [9.17, 15) is 9.59 Å². The molecule has 2 aliphatic heterocycles. The number of para-hydroxylation sites is 1. The lowest BCUT2D eigenvalue weighted by Crippen LogP contribution is -2.63. The molecule has 2 atom stereocenters. The van der Waals surface area contributed by atoms with Gasteiger partial charge in [-0.2, -0.15) is 0 Å². The predicted molar refractivity (Wildman–Crippen MR) is 124 cm³/mol. The molecule has 0 radical (unpaired) electrons. The maximum atomic E-state index is 13.6. The van der Waals surface area contributed by atoms with Crippen LogP contribution in [0, 0.1) is 0 Å². The van der Waals surface area contributed by atoms with Crippen LogP contribution in [-0.2, 0) is 16.0 Å². The van der Waals surface area contributed by atoms with E-state index < -0.39 is 6.04 Å². The van der Waals surface area contributed by atoms with E-state index in [0.717, 1.165) is 52.7 Å². The normalized spacial score (nSPS) is 20.4. The number of rotatable bonds is 6. The zero-order valence-electron chi connectivity index (χ0n) is 18.6. The number of hydrogen-bond acceptors (Lipinski definition) is 3. The van der Waals surface area contributed by atoms with Crippen molar-refractivity contribution in [3.63, 3.8) is 0 Å². The third-order valence-corrected chi connectivity index (χ3v) is 6.78. The Morgan fingerprint density at radius 1 is 1.09 bits per heavy atom. The number of fused-ring (bicyclic) bond motifs is 4. The van der Waals surface area contributed by atoms with Gasteiger partial charge in [0, 0.05) is 29.6 Å². The second-order valence-electron chi connectivity index (χ2n) is 8.73. The largest absolute Gasteiger partial charge is 0.497 e. The summed E-state index contributed by atoms with van der Waals surface area (Å²) in [5.74, 6) is 0.798. The number of amides is 2. The summed E-state index contributed by atoms with van der Waals surface area (Å²) in [7, 11) is 1.64. The minimum Gasteiger partial charge on any atom is -0.497 e. The topological polar surface area (TPSA) is 65.6 Å². The van der Waals surface area contributed by atoms with E-state index in [2.05, 4.69) is 24.0 Å². The molecule has 2 amide bonds. The van der Waals surface area contributed by atoms with Gasteiger partial charge < -0.3 is 19.5 Å². The van der Waals surface area contributed by atoms with Gasteiger partial charge >= 0.3 is 0 Å². The molecular formula is C26H29N3O3. The van der Waals surface area contributed by atoms with Gasteiger partial charge in [0.05, 0.1) is 19.7 Å². The van der Waals surface area contributed by atoms with Gasteiger partial charge in [-0.05, 0) is 35.7 Å². The van der Waals surface area contributed by atoms with E-state index in [1.807, 2.05) is 41.3 Å². The van der Waals surface area contributed by atoms with Crippen LogP contribution in [0.1, 0.15) is 49.0 Å². The summed E-state index contributed by atoms with van der Waals surface area (Å²) in [5.41, 5.74) is 4.11. The van der Waals surface area contributed by atoms with E-state index in [1.54, 1.807) is 12.0 Å². The molecule has 1 fully saturated rings. The number of nitrogens with one attached hydrogen (secondary N) is 1. The highest BCUT2D eigenvalue weighted by Crippen LogP contribution is 2.43. The van der Waals surface area contributed by atoms with Crippen molar-refractivity contribution in [2.45, 2.75) is 44.7 Å². The smallest absolute Gasteiger partial charge is 0.246 e. The monoisotopic (exact) mass is 431 g/mol. The molecule has 1 N–H and O–H groups in total. The number of ether oxygens (including phenoxy) is 1. The number of methoxy groups -OCH3 is 1. The second-order valence-corrected chi connectivity index (χ2v) is 8.73. The van der Waals surface area contributed by atoms with Gasteiger partial charge in [-0.25, -0.2) is 0 Å². The molecule has 6 nitrogen and oxygen atoms in total. The molecule has 6 heteroatoms. The first-order valence-electron chi connectivity index (χ1n) is 11.5. The fourth-order valence-corrected chi connectivity index (χ4v) is 5.22. The highest BCUT2D eigenvalue weighted by atomic mass is 16.5. The highest BCUT2D eigenvalue weighted by Gasteiger charge is 2.48. The fraction of sp³-hybridized carbons (Fsp3) is 0.385. The summed E-state index contributed by atoms with van der Waals surface area (Å²) in [4.78, 5) is 34.2. The zero-order chi connectivity index (χ0) is 22.2. The number of carbonyl (C=O) groups is 2. The number of nitrogens with zero attached hydrogens (tertiary/aromatic N) is 2. The minimum atomic E-state index is -0.485. The van der Waals surface area contributed by atoms with Crippen LogP contribution in [-0.4, -0.2) is 52.8 Å². The molecule has 1 aromatic heterocycles. The van der Waals surface area contributed by atoms with Crippen molar-refractivity contribution in [2.24, 2.45) is 0 Å². The Bertz CT molecular complexity index is 1170. The molecule has 2 aliphatic rings. The third kappa shape index (κ3) is 3.34. The molecular weight excluding hydrogens is 402 g/mol. The maximum absolute atomic E-state index is 13.6. The first-order valence-corrected chi connectivity index (χ1v) is 11.5. The van der Waals surface area contributed by atoms with E-state index in [-0.39, 0.29) is 24.4 Å². The Kier molecular flexibility index (Phi) is 5.37. The SMILES string of the molecule is CCCCCN1CC(=O)N2C(Cc3c([nH]c4ccccc34)C2c2cccc(OC)c2)C1=O. The summed E-state index contributed by atoms with van der Waals surface area (Å²) in [6.45, 7) is 2.94. The van der Waals surface area contributed by atoms with Crippen molar-refractivity contribution in [1.82, 2.24) is 14.8 Å². The van der Waals surface area contributed by atoms with E-state index in [1.165, 1.54) is 0 Å². The number of hydrogen-bond donors (Lipinski definition) is 1. The first kappa shape index (κ1) is 20.6. The molecule has 1 saturated heterocycles. The molecule has 32 heavy (non-hydrogen) atoms. The van der Waals surface area contributed by atoms with Crippen LogP contribution < -0.4 is 4.74 Å². The van der Waals surface area contributed by atoms with Crippen LogP contribution in [0.25, 0.3) is 10.9 Å². The summed E-state index contributed by atoms with van der Waals surface area (Å²) in [5, 5.41) is 1.12. The molecule has 0 bridgehead atoms. The van der Waals surface area contributed by atoms with Gasteiger partial charge in [-0.1, -0.05) is 50.1 Å². The van der Waals surface area contributed by atoms with Gasteiger partial charge in [-0.15, -0.1) is 0 Å². The van der Waals surface area contributed by atoms with Crippen molar-refractivity contribution < 1.29 is 14.3 Å². The molecule has 5 rings (SSSR count). The number of unbranched alkanes of at least 4 members (excludes halogenated alkanes) is 2. The van der Waals surface area contributed by atoms with Crippen molar-refractivity contribution in [1.29, 1.82) is 0 Å². The van der Waals surface area contributed by atoms with Crippen molar-refractivity contribution in [3.8, 4) is 5.75 Å². The van der Waals surface area contributed by atoms with Crippen LogP contribution in [0.4, 0.5) is 0 Å². The zero-order valence-corrected chi connectivity index (χ0v) is 18.6. The number of piperazine rings is 1. The second kappa shape index (κ2) is 8.34. The van der Waals surface area contributed by atoms with E-state index in [0.29, 0.717) is 13.0 Å². The van der Waals surface area contributed by atoms with Gasteiger partial charge in [0.2, 0.25) is 11.8 Å². The molecule has 3 heterocycles. The lowest BCUT2D eigenvalue weighted by molar-refractivity contribution is -0.158. The van der Waals surface area contributed by atoms with Gasteiger partial charge in [0.1, 0.15) is 11.8 Å². The van der Waals surface area contributed by atoms with Crippen LogP contribution in [0.15, 0.2) is 48.5 Å². The molecule has 0 saturated carbocycles. The Morgan fingerprint density at radius 2 is 1.94 bits per heavy atom. The standard InChI is InChI=1S/C26H29N3O3/c1-3-4-7-13-28-16-23(30)29-22(26(28)31)15-20-19-11-5-6-12-21(19)27-24(20)25(29)17-9-8-10-18(14-17)32-2/h5-6,8-12,14,22,25,27H,3-4,7,13,15-16H2,1-2H3. The fourth-order valence-electron chi connectivity index (χ4n) is 5.22. The first-order chi connectivity index (χ1) is 15.6. The quantitative estimate of drug-likeness (QED) is 0.599. The minimum absolute atomic E-state index is 0.00299. The number of benzene rings is 2. The van der Waals surface area contributed by atoms with Crippen LogP contribution in [0.5, 0.6) is 5.75 Å². The summed E-state index contributed by atoms with van der Waals surface area (Å²) < 4.78 is 5.46. The average molecular weight is 432 g/mol. The molecule has 2 aromatic carbocycles. The van der Waals surface area contributed by atoms with Crippen molar-refractivity contribution in [2.75, 3.05) is 20.2 Å². The maximum Gasteiger partial charge on any atom is 0.246 e. The average Bonchev–Trinajstić information content (AvgIpc) is 3.19. The Balaban J connectivity index is 1.62. The van der Waals surface area contributed by atoms with Gasteiger partial charge in [0.15, 0.2) is 0 Å². The number of H-pyrrole nitrogens is 1. The van der Waals surface area contributed by atoms with Crippen molar-refractivity contribution in [3.05, 3.63) is 65.4 Å². The molecule has 166 valence electrons. The highest BCUT2D eigenvalue weighted by molar-refractivity contribution is 5.97. The van der Waals surface area contributed by atoms with E-state index in [4.69, 9.17) is 4.74 Å². The Hall–Kier alpha value is -3.28. The molecule has 2 unspecified atom stereocenters. The van der Waals surface area contributed by atoms with Crippen LogP contribution in [0.3, 0.4) is 0 Å². The van der Waals surface area contributed by atoms with Gasteiger partial charge in [-0.3, -0.25) is 9.59 Å². The summed E-state index contributed by atoms with van der Waals surface area (Å²) in [6.07, 6.45) is 3.61.